The van der Waals surface area contributed by atoms with Crippen LogP contribution in [0.1, 0.15) is 25.6 Å². The highest BCUT2D eigenvalue weighted by molar-refractivity contribution is 9.10. The first-order valence-corrected chi connectivity index (χ1v) is 6.71. The highest BCUT2D eigenvalue weighted by atomic mass is 79.9. The van der Waals surface area contributed by atoms with Crippen molar-refractivity contribution in [3.63, 3.8) is 0 Å². The van der Waals surface area contributed by atoms with Crippen LogP contribution in [0, 0.1) is 17.0 Å². The minimum atomic E-state index is -0.484. The Morgan fingerprint density at radius 2 is 2.15 bits per heavy atom. The van der Waals surface area contributed by atoms with Gasteiger partial charge in [0.05, 0.1) is 17.2 Å². The van der Waals surface area contributed by atoms with Crippen molar-refractivity contribution in [2.45, 2.75) is 26.8 Å². The summed E-state index contributed by atoms with van der Waals surface area (Å²) in [6, 6.07) is 1.63. The summed E-state index contributed by atoms with van der Waals surface area (Å²) in [6.45, 7) is 5.34. The molecule has 0 saturated carbocycles. The van der Waals surface area contributed by atoms with E-state index in [4.69, 9.17) is 4.74 Å². The SMILES string of the molecule is Cc1nn(C(C)C)c(Oc2cncc(Br)c2)c1[N+](=O)[O-]. The molecule has 2 rings (SSSR count). The van der Waals surface area contributed by atoms with Crippen LogP contribution in [0.2, 0.25) is 0 Å². The van der Waals surface area contributed by atoms with Gasteiger partial charge in [0.1, 0.15) is 11.4 Å². The van der Waals surface area contributed by atoms with Crippen molar-refractivity contribution in [3.8, 4) is 11.6 Å². The maximum absolute atomic E-state index is 11.2. The first-order valence-electron chi connectivity index (χ1n) is 5.92. The largest absolute Gasteiger partial charge is 0.432 e. The van der Waals surface area contributed by atoms with E-state index in [1.165, 1.54) is 10.9 Å². The number of hydrogen-bond donors (Lipinski definition) is 0. The second kappa shape index (κ2) is 5.58. The van der Waals surface area contributed by atoms with Gasteiger partial charge in [0.2, 0.25) is 0 Å². The minimum Gasteiger partial charge on any atom is -0.432 e. The van der Waals surface area contributed by atoms with E-state index in [1.54, 1.807) is 19.2 Å². The molecule has 0 saturated heterocycles. The van der Waals surface area contributed by atoms with Gasteiger partial charge in [-0.2, -0.15) is 5.10 Å². The molecule has 0 aliphatic rings. The van der Waals surface area contributed by atoms with Crippen molar-refractivity contribution in [3.05, 3.63) is 38.7 Å². The highest BCUT2D eigenvalue weighted by Gasteiger charge is 2.28. The topological polar surface area (TPSA) is 83.1 Å². The number of rotatable bonds is 4. The van der Waals surface area contributed by atoms with E-state index in [0.29, 0.717) is 11.4 Å². The molecule has 0 aliphatic carbocycles. The fraction of sp³-hybridized carbons (Fsp3) is 0.333. The molecule has 0 atom stereocenters. The summed E-state index contributed by atoms with van der Waals surface area (Å²) in [5, 5.41) is 15.4. The first-order chi connectivity index (χ1) is 9.40. The number of ether oxygens (including phenoxy) is 1. The molecule has 106 valence electrons. The summed E-state index contributed by atoms with van der Waals surface area (Å²) < 4.78 is 7.85. The molecule has 0 fully saturated rings. The third-order valence-electron chi connectivity index (χ3n) is 2.58. The number of aromatic nitrogens is 3. The lowest BCUT2D eigenvalue weighted by molar-refractivity contribution is -0.386. The average Bonchev–Trinajstić information content (AvgIpc) is 2.66. The van der Waals surface area contributed by atoms with Crippen molar-refractivity contribution in [2.24, 2.45) is 0 Å². The predicted molar refractivity (Wildman–Crippen MR) is 76.0 cm³/mol. The maximum Gasteiger partial charge on any atom is 0.353 e. The molecule has 0 unspecified atom stereocenters. The van der Waals surface area contributed by atoms with Crippen LogP contribution in [0.4, 0.5) is 5.69 Å². The summed E-state index contributed by atoms with van der Waals surface area (Å²) >= 11 is 3.28. The number of pyridine rings is 1. The monoisotopic (exact) mass is 340 g/mol. The van der Waals surface area contributed by atoms with Crippen molar-refractivity contribution < 1.29 is 9.66 Å². The smallest absolute Gasteiger partial charge is 0.353 e. The molecule has 0 bridgehead atoms. The van der Waals surface area contributed by atoms with Gasteiger partial charge < -0.3 is 4.74 Å². The molecule has 8 heteroatoms. The Kier molecular flexibility index (Phi) is 4.03. The molecule has 2 aromatic rings. The van der Waals surface area contributed by atoms with Gasteiger partial charge in [-0.15, -0.1) is 0 Å². The summed E-state index contributed by atoms with van der Waals surface area (Å²) in [5.74, 6) is 0.520. The van der Waals surface area contributed by atoms with Gasteiger partial charge in [0.15, 0.2) is 0 Å². The van der Waals surface area contributed by atoms with E-state index in [9.17, 15) is 10.1 Å². The summed E-state index contributed by atoms with van der Waals surface area (Å²) in [4.78, 5) is 14.7. The van der Waals surface area contributed by atoms with Gasteiger partial charge >= 0.3 is 5.69 Å². The van der Waals surface area contributed by atoms with E-state index in [1.807, 2.05) is 13.8 Å². The van der Waals surface area contributed by atoms with Gasteiger partial charge in [-0.25, -0.2) is 4.68 Å². The minimum absolute atomic E-state index is 0.0579. The molecule has 0 radical (unpaired) electrons. The number of nitrogens with zero attached hydrogens (tertiary/aromatic N) is 4. The summed E-state index contributed by atoms with van der Waals surface area (Å²) in [7, 11) is 0. The molecule has 0 spiro atoms. The molecule has 0 N–H and O–H groups in total. The third kappa shape index (κ3) is 2.79. The van der Waals surface area contributed by atoms with Crippen LogP contribution in [0.5, 0.6) is 11.6 Å². The number of aryl methyl sites for hydroxylation is 1. The van der Waals surface area contributed by atoms with Crippen LogP contribution < -0.4 is 4.74 Å². The van der Waals surface area contributed by atoms with E-state index >= 15 is 0 Å². The highest BCUT2D eigenvalue weighted by Crippen LogP contribution is 2.36. The van der Waals surface area contributed by atoms with E-state index < -0.39 is 4.92 Å². The zero-order valence-corrected chi connectivity index (χ0v) is 12.8. The lowest BCUT2D eigenvalue weighted by Gasteiger charge is -2.10. The second-order valence-electron chi connectivity index (χ2n) is 4.48. The van der Waals surface area contributed by atoms with E-state index in [-0.39, 0.29) is 17.6 Å². The quantitative estimate of drug-likeness (QED) is 0.626. The zero-order valence-electron chi connectivity index (χ0n) is 11.2. The number of halogens is 1. The van der Waals surface area contributed by atoms with Crippen LogP contribution in [0.25, 0.3) is 0 Å². The molecule has 20 heavy (non-hydrogen) atoms. The molecule has 2 heterocycles. The third-order valence-corrected chi connectivity index (χ3v) is 3.01. The predicted octanol–water partition coefficient (Wildman–Crippen LogP) is 3.63. The van der Waals surface area contributed by atoms with Gasteiger partial charge in [-0.1, -0.05) is 0 Å². The van der Waals surface area contributed by atoms with Crippen LogP contribution in [0.15, 0.2) is 22.9 Å². The normalized spacial score (nSPS) is 10.8. The van der Waals surface area contributed by atoms with Gasteiger partial charge in [0, 0.05) is 10.7 Å². The molecule has 0 amide bonds. The maximum atomic E-state index is 11.2. The lowest BCUT2D eigenvalue weighted by atomic mass is 10.4. The molecule has 2 aromatic heterocycles. The fourth-order valence-corrected chi connectivity index (χ4v) is 2.08. The van der Waals surface area contributed by atoms with E-state index in [0.717, 1.165) is 4.47 Å². The van der Waals surface area contributed by atoms with Crippen LogP contribution in [-0.4, -0.2) is 19.7 Å². The Morgan fingerprint density at radius 3 is 2.70 bits per heavy atom. The Balaban J connectivity index is 2.51. The first kappa shape index (κ1) is 14.4. The van der Waals surface area contributed by atoms with Crippen molar-refractivity contribution in [1.29, 1.82) is 0 Å². The van der Waals surface area contributed by atoms with Crippen LogP contribution >= 0.6 is 15.9 Å². The van der Waals surface area contributed by atoms with Gasteiger partial charge in [0.25, 0.3) is 5.88 Å². The van der Waals surface area contributed by atoms with Gasteiger partial charge in [-0.3, -0.25) is 15.1 Å². The Hall–Kier alpha value is -1.96. The Labute approximate surface area is 123 Å². The molecular weight excluding hydrogens is 328 g/mol. The second-order valence-corrected chi connectivity index (χ2v) is 5.39. The lowest BCUT2D eigenvalue weighted by Crippen LogP contribution is -2.05. The van der Waals surface area contributed by atoms with Gasteiger partial charge in [-0.05, 0) is 42.8 Å². The number of hydrogen-bond acceptors (Lipinski definition) is 5. The van der Waals surface area contributed by atoms with Crippen LogP contribution in [-0.2, 0) is 0 Å². The van der Waals surface area contributed by atoms with Crippen molar-refractivity contribution in [2.75, 3.05) is 0 Å². The van der Waals surface area contributed by atoms with E-state index in [2.05, 4.69) is 26.0 Å². The molecule has 7 nitrogen and oxygen atoms in total. The standard InChI is InChI=1S/C12H13BrN4O3/c1-7(2)16-12(11(17(18)19)8(3)15-16)20-10-4-9(13)5-14-6-10/h4-7H,1-3H3. The molecule has 0 aromatic carbocycles. The van der Waals surface area contributed by atoms with Crippen molar-refractivity contribution in [1.82, 2.24) is 14.8 Å². The zero-order chi connectivity index (χ0) is 14.9. The molecule has 0 aliphatic heterocycles. The van der Waals surface area contributed by atoms with Crippen molar-refractivity contribution >= 4 is 21.6 Å². The summed E-state index contributed by atoms with van der Waals surface area (Å²) in [5.41, 5.74) is 0.195. The number of nitro groups is 1. The average molecular weight is 341 g/mol. The van der Waals surface area contributed by atoms with Crippen LogP contribution in [0.3, 0.4) is 0 Å². The fourth-order valence-electron chi connectivity index (χ4n) is 1.73. The Morgan fingerprint density at radius 1 is 1.45 bits per heavy atom. The molecular formula is C12H13BrN4O3. The Bertz CT molecular complexity index is 654. The summed E-state index contributed by atoms with van der Waals surface area (Å²) in [6.07, 6.45) is 3.09.